The number of H-pyrrole nitrogens is 1. The number of halogens is 3. The normalized spacial score (nSPS) is 10.4. The Morgan fingerprint density at radius 3 is 2.72 bits per heavy atom. The van der Waals surface area contributed by atoms with Gasteiger partial charge in [0.15, 0.2) is 0 Å². The maximum absolute atomic E-state index is 11.8. The van der Waals surface area contributed by atoms with Crippen molar-refractivity contribution >= 4 is 56.5 Å². The van der Waals surface area contributed by atoms with Gasteiger partial charge in [-0.15, -0.1) is 0 Å². The molecule has 0 aliphatic carbocycles. The number of nitrogens with two attached hydrogens (primary N) is 1. The Kier molecular flexibility index (Phi) is 3.79. The minimum Gasteiger partial charge on any atom is -0.382 e. The van der Waals surface area contributed by atoms with Gasteiger partial charge in [-0.25, -0.2) is 0 Å². The van der Waals surface area contributed by atoms with Crippen molar-refractivity contribution in [1.82, 2.24) is 10.2 Å². The number of nitrogens with zero attached hydrogens (tertiary/aromatic N) is 1. The fourth-order valence-electron chi connectivity index (χ4n) is 1.27. The van der Waals surface area contributed by atoms with Gasteiger partial charge in [-0.3, -0.25) is 9.89 Å². The van der Waals surface area contributed by atoms with Crippen LogP contribution in [0.2, 0.25) is 10.0 Å². The fourth-order valence-corrected chi connectivity index (χ4v) is 2.09. The van der Waals surface area contributed by atoms with E-state index in [1.165, 1.54) is 6.07 Å². The second-order valence-corrected chi connectivity index (χ2v) is 4.99. The molecule has 0 aliphatic rings. The Morgan fingerprint density at radius 2 is 2.11 bits per heavy atom. The zero-order valence-electron chi connectivity index (χ0n) is 8.80. The van der Waals surface area contributed by atoms with Crippen LogP contribution in [-0.2, 0) is 0 Å². The van der Waals surface area contributed by atoms with Crippen LogP contribution in [0.1, 0.15) is 10.5 Å². The smallest absolute Gasteiger partial charge is 0.273 e. The largest absolute Gasteiger partial charge is 0.382 e. The van der Waals surface area contributed by atoms with Crippen LogP contribution in [0.4, 0.5) is 11.5 Å². The lowest BCUT2D eigenvalue weighted by Crippen LogP contribution is -2.12. The topological polar surface area (TPSA) is 83.8 Å². The number of benzene rings is 1. The van der Waals surface area contributed by atoms with Crippen molar-refractivity contribution < 1.29 is 4.79 Å². The van der Waals surface area contributed by atoms with Crippen molar-refractivity contribution in [1.29, 1.82) is 0 Å². The lowest BCUT2D eigenvalue weighted by molar-refractivity contribution is 0.102. The SMILES string of the molecule is Nc1cc(C(=O)Nc2ccc(Br)c(Cl)c2Cl)[nH]n1. The first-order chi connectivity index (χ1) is 8.49. The van der Waals surface area contributed by atoms with Crippen molar-refractivity contribution in [3.05, 3.63) is 38.4 Å². The van der Waals surface area contributed by atoms with Crippen molar-refractivity contribution in [3.63, 3.8) is 0 Å². The molecule has 0 atom stereocenters. The summed E-state index contributed by atoms with van der Waals surface area (Å²) in [5.74, 6) is -0.167. The Hall–Kier alpha value is -1.24. The van der Waals surface area contributed by atoms with Gasteiger partial charge in [-0.1, -0.05) is 23.2 Å². The second kappa shape index (κ2) is 5.17. The first kappa shape index (κ1) is 13.2. The number of aromatic nitrogens is 2. The summed E-state index contributed by atoms with van der Waals surface area (Å²) >= 11 is 15.2. The summed E-state index contributed by atoms with van der Waals surface area (Å²) in [7, 11) is 0. The summed E-state index contributed by atoms with van der Waals surface area (Å²) in [6.45, 7) is 0. The molecule has 5 nitrogen and oxygen atoms in total. The highest BCUT2D eigenvalue weighted by molar-refractivity contribution is 9.10. The van der Waals surface area contributed by atoms with E-state index in [1.807, 2.05) is 0 Å². The molecule has 0 spiro atoms. The molecule has 0 fully saturated rings. The van der Waals surface area contributed by atoms with E-state index in [0.29, 0.717) is 15.2 Å². The van der Waals surface area contributed by atoms with E-state index in [0.717, 1.165) is 0 Å². The predicted molar refractivity (Wildman–Crippen MR) is 75.1 cm³/mol. The Morgan fingerprint density at radius 1 is 1.39 bits per heavy atom. The number of aromatic amines is 1. The van der Waals surface area contributed by atoms with Crippen LogP contribution in [-0.4, -0.2) is 16.1 Å². The first-order valence-corrected chi connectivity index (χ1v) is 6.29. The van der Waals surface area contributed by atoms with Crippen LogP contribution in [0.3, 0.4) is 0 Å². The summed E-state index contributed by atoms with van der Waals surface area (Å²) in [5.41, 5.74) is 6.05. The van der Waals surface area contributed by atoms with E-state index < -0.39 is 5.91 Å². The molecule has 0 radical (unpaired) electrons. The molecule has 1 heterocycles. The van der Waals surface area contributed by atoms with Crippen LogP contribution in [0.25, 0.3) is 0 Å². The van der Waals surface area contributed by atoms with Gasteiger partial charge in [0.25, 0.3) is 5.91 Å². The first-order valence-electron chi connectivity index (χ1n) is 4.74. The molecular weight excluding hydrogens is 343 g/mol. The molecule has 0 unspecified atom stereocenters. The maximum Gasteiger partial charge on any atom is 0.273 e. The highest BCUT2D eigenvalue weighted by Crippen LogP contribution is 2.35. The van der Waals surface area contributed by atoms with Gasteiger partial charge in [0.05, 0.1) is 15.7 Å². The molecule has 0 saturated heterocycles. The van der Waals surface area contributed by atoms with Gasteiger partial charge in [-0.2, -0.15) is 5.10 Å². The lowest BCUT2D eigenvalue weighted by Gasteiger charge is -2.08. The summed E-state index contributed by atoms with van der Waals surface area (Å²) in [6, 6.07) is 4.74. The summed E-state index contributed by atoms with van der Waals surface area (Å²) < 4.78 is 0.651. The fraction of sp³-hybridized carbons (Fsp3) is 0. The number of rotatable bonds is 2. The predicted octanol–water partition coefficient (Wildman–Crippen LogP) is 3.31. The average molecular weight is 350 g/mol. The van der Waals surface area contributed by atoms with Crippen LogP contribution in [0.5, 0.6) is 0 Å². The van der Waals surface area contributed by atoms with E-state index in [-0.39, 0.29) is 16.5 Å². The molecule has 1 aromatic carbocycles. The van der Waals surface area contributed by atoms with Crippen molar-refractivity contribution in [2.45, 2.75) is 0 Å². The molecular formula is C10H7BrCl2N4O. The Balaban J connectivity index is 2.25. The highest BCUT2D eigenvalue weighted by Gasteiger charge is 2.13. The quantitative estimate of drug-likeness (QED) is 0.727. The van der Waals surface area contributed by atoms with Crippen LogP contribution >= 0.6 is 39.1 Å². The molecule has 94 valence electrons. The van der Waals surface area contributed by atoms with Gasteiger partial charge >= 0.3 is 0 Å². The molecule has 0 aliphatic heterocycles. The maximum atomic E-state index is 11.8. The van der Waals surface area contributed by atoms with Gasteiger partial charge in [0.2, 0.25) is 0 Å². The number of hydrogen-bond acceptors (Lipinski definition) is 3. The number of hydrogen-bond donors (Lipinski definition) is 3. The van der Waals surface area contributed by atoms with Gasteiger partial charge in [0.1, 0.15) is 11.5 Å². The third-order valence-corrected chi connectivity index (χ3v) is 3.90. The molecule has 2 aromatic rings. The number of carbonyl (C=O) groups is 1. The van der Waals surface area contributed by atoms with E-state index in [4.69, 9.17) is 28.9 Å². The summed E-state index contributed by atoms with van der Waals surface area (Å²) in [5, 5.41) is 9.35. The van der Waals surface area contributed by atoms with E-state index in [2.05, 4.69) is 31.4 Å². The van der Waals surface area contributed by atoms with Crippen molar-refractivity contribution in [3.8, 4) is 0 Å². The van der Waals surface area contributed by atoms with Crippen LogP contribution < -0.4 is 11.1 Å². The zero-order chi connectivity index (χ0) is 13.3. The zero-order valence-corrected chi connectivity index (χ0v) is 11.9. The minimum atomic E-state index is -0.403. The number of carbonyl (C=O) groups excluding carboxylic acids is 1. The van der Waals surface area contributed by atoms with Gasteiger partial charge in [-0.05, 0) is 28.1 Å². The van der Waals surface area contributed by atoms with E-state index in [1.54, 1.807) is 12.1 Å². The van der Waals surface area contributed by atoms with E-state index >= 15 is 0 Å². The minimum absolute atomic E-state index is 0.236. The molecule has 0 saturated carbocycles. The standard InChI is InChI=1S/C10H7BrCl2N4O/c11-4-1-2-5(9(13)8(4)12)15-10(18)6-3-7(14)17-16-6/h1-3H,(H,15,18)(H3,14,16,17). The number of nitrogens with one attached hydrogen (secondary N) is 2. The van der Waals surface area contributed by atoms with Crippen LogP contribution in [0, 0.1) is 0 Å². The number of nitrogen functional groups attached to an aromatic ring is 1. The third kappa shape index (κ3) is 2.60. The van der Waals surface area contributed by atoms with E-state index in [9.17, 15) is 4.79 Å². The third-order valence-electron chi connectivity index (χ3n) is 2.13. The lowest BCUT2D eigenvalue weighted by atomic mass is 10.3. The molecule has 2 rings (SSSR count). The van der Waals surface area contributed by atoms with Crippen LogP contribution in [0.15, 0.2) is 22.7 Å². The molecule has 4 N–H and O–H groups in total. The second-order valence-electron chi connectivity index (χ2n) is 3.38. The summed E-state index contributed by atoms with van der Waals surface area (Å²) in [6.07, 6.45) is 0. The Labute approximate surface area is 121 Å². The van der Waals surface area contributed by atoms with Crippen molar-refractivity contribution in [2.75, 3.05) is 11.1 Å². The van der Waals surface area contributed by atoms with Crippen molar-refractivity contribution in [2.24, 2.45) is 0 Å². The highest BCUT2D eigenvalue weighted by atomic mass is 79.9. The molecule has 18 heavy (non-hydrogen) atoms. The van der Waals surface area contributed by atoms with Gasteiger partial charge < -0.3 is 11.1 Å². The monoisotopic (exact) mass is 348 g/mol. The van der Waals surface area contributed by atoms with Gasteiger partial charge in [0, 0.05) is 10.5 Å². The summed E-state index contributed by atoms with van der Waals surface area (Å²) in [4.78, 5) is 11.8. The molecule has 1 amide bonds. The molecule has 8 heteroatoms. The molecule has 1 aromatic heterocycles. The average Bonchev–Trinajstić information content (AvgIpc) is 2.77. The Bertz CT molecular complexity index is 614. The molecule has 0 bridgehead atoms. The number of anilines is 2. The number of amides is 1.